The Kier molecular flexibility index (Phi) is 9.75. The van der Waals surface area contributed by atoms with E-state index in [9.17, 15) is 28.8 Å². The summed E-state index contributed by atoms with van der Waals surface area (Å²) in [5, 5.41) is 5.45. The van der Waals surface area contributed by atoms with Crippen molar-refractivity contribution in [2.45, 2.75) is 0 Å². The second-order valence-corrected chi connectivity index (χ2v) is 11.3. The zero-order valence-electron chi connectivity index (χ0n) is 26.5. The molecule has 1 aliphatic carbocycles. The van der Waals surface area contributed by atoms with E-state index in [0.29, 0.717) is 33.6 Å². The van der Waals surface area contributed by atoms with Crippen LogP contribution in [-0.4, -0.2) is 35.1 Å². The standard InChI is InChI=1S/C42H28N2O6/c45-26-32-20-25-35(40(48)29-14-8-3-9-15-29)37(42(50)44-34-23-18-31(19-24-34)39(47)28-12-6-2-7-13-28)36(32)41(49)43-33-21-16-30(17-22-33)38(46)27-10-4-1-5-11-27/h1-25,36H,(H,43,49)(H,44,50). The molecule has 1 unspecified atom stereocenters. The first kappa shape index (κ1) is 32.9. The Bertz CT molecular complexity index is 2220. The molecule has 0 aliphatic heterocycles. The first-order valence-electron chi connectivity index (χ1n) is 15.6. The largest absolute Gasteiger partial charge is 0.325 e. The molecule has 242 valence electrons. The summed E-state index contributed by atoms with van der Waals surface area (Å²) in [5.74, 6) is -2.24. The van der Waals surface area contributed by atoms with Crippen molar-refractivity contribution < 1.29 is 28.8 Å². The molecule has 0 saturated heterocycles. The van der Waals surface area contributed by atoms with Crippen LogP contribution in [0.2, 0.25) is 0 Å². The molecule has 0 aromatic heterocycles. The molecular weight excluding hydrogens is 628 g/mol. The molecule has 0 bridgehead atoms. The molecule has 2 amide bonds. The van der Waals surface area contributed by atoms with E-state index in [1.807, 2.05) is 12.1 Å². The number of Topliss-reactive ketones (excluding diaryl/α,β-unsaturated/α-hetero) is 1. The SMILES string of the molecule is O=C=C1C=CC(C(=O)c2ccccc2)=C(C(=O)Nc2ccc(C(=O)c3ccccc3)cc2)C1C(=O)Nc1ccc(C(=O)c2ccccc2)cc1. The summed E-state index contributed by atoms with van der Waals surface area (Å²) in [5.41, 5.74) is 2.19. The van der Waals surface area contributed by atoms with Crippen molar-refractivity contribution in [2.75, 3.05) is 10.6 Å². The lowest BCUT2D eigenvalue weighted by Crippen LogP contribution is -2.34. The van der Waals surface area contributed by atoms with E-state index < -0.39 is 23.5 Å². The second-order valence-electron chi connectivity index (χ2n) is 11.3. The van der Waals surface area contributed by atoms with Crippen molar-refractivity contribution in [1.82, 2.24) is 0 Å². The van der Waals surface area contributed by atoms with Crippen molar-refractivity contribution in [1.29, 1.82) is 0 Å². The maximum absolute atomic E-state index is 14.1. The fraction of sp³-hybridized carbons (Fsp3) is 0.0238. The number of ketones is 3. The van der Waals surface area contributed by atoms with Crippen LogP contribution in [0.15, 0.2) is 168 Å². The van der Waals surface area contributed by atoms with Crippen molar-refractivity contribution >= 4 is 46.5 Å². The molecule has 5 aromatic carbocycles. The number of rotatable bonds is 10. The maximum atomic E-state index is 14.1. The number of allylic oxidation sites excluding steroid dienone is 3. The van der Waals surface area contributed by atoms with Gasteiger partial charge in [-0.15, -0.1) is 0 Å². The molecule has 6 rings (SSSR count). The van der Waals surface area contributed by atoms with Gasteiger partial charge < -0.3 is 10.6 Å². The third kappa shape index (κ3) is 7.11. The summed E-state index contributed by atoms with van der Waals surface area (Å²) >= 11 is 0. The fourth-order valence-electron chi connectivity index (χ4n) is 5.57. The van der Waals surface area contributed by atoms with Gasteiger partial charge in [0.15, 0.2) is 17.3 Å². The molecule has 1 aliphatic rings. The third-order valence-electron chi connectivity index (χ3n) is 8.12. The minimum atomic E-state index is -1.51. The van der Waals surface area contributed by atoms with E-state index in [2.05, 4.69) is 10.6 Å². The number of anilines is 2. The number of hydrogen-bond donors (Lipinski definition) is 2. The highest BCUT2D eigenvalue weighted by molar-refractivity contribution is 6.21. The number of amides is 2. The Morgan fingerprint density at radius 1 is 0.460 bits per heavy atom. The lowest BCUT2D eigenvalue weighted by molar-refractivity contribution is -0.120. The maximum Gasteiger partial charge on any atom is 0.253 e. The number of carbonyl (C=O) groups is 5. The highest BCUT2D eigenvalue weighted by Gasteiger charge is 2.38. The van der Waals surface area contributed by atoms with Crippen LogP contribution in [0.25, 0.3) is 0 Å². The summed E-state index contributed by atoms with van der Waals surface area (Å²) in [6.07, 6.45) is 2.63. The summed E-state index contributed by atoms with van der Waals surface area (Å²) in [7, 11) is 0. The fourth-order valence-corrected chi connectivity index (χ4v) is 5.57. The Labute approximate surface area is 287 Å². The number of hydrogen-bond acceptors (Lipinski definition) is 6. The topological polar surface area (TPSA) is 126 Å². The van der Waals surface area contributed by atoms with Crippen LogP contribution in [0.1, 0.15) is 42.2 Å². The van der Waals surface area contributed by atoms with Crippen LogP contribution < -0.4 is 10.6 Å². The van der Waals surface area contributed by atoms with Gasteiger partial charge in [-0.2, -0.15) is 0 Å². The van der Waals surface area contributed by atoms with Gasteiger partial charge >= 0.3 is 0 Å². The van der Waals surface area contributed by atoms with E-state index in [0.717, 1.165) is 0 Å². The first-order chi connectivity index (χ1) is 24.3. The average Bonchev–Trinajstić information content (AvgIpc) is 3.18. The van der Waals surface area contributed by atoms with Gasteiger partial charge in [0.05, 0.1) is 5.57 Å². The van der Waals surface area contributed by atoms with Gasteiger partial charge in [-0.3, -0.25) is 24.0 Å². The van der Waals surface area contributed by atoms with E-state index in [1.165, 1.54) is 36.4 Å². The van der Waals surface area contributed by atoms with Gasteiger partial charge in [-0.05, 0) is 60.7 Å². The van der Waals surface area contributed by atoms with Gasteiger partial charge in [0.25, 0.3) is 5.91 Å². The summed E-state index contributed by atoms with van der Waals surface area (Å²) in [4.78, 5) is 79.7. The summed E-state index contributed by atoms with van der Waals surface area (Å²) in [6.45, 7) is 0. The Morgan fingerprint density at radius 3 is 1.30 bits per heavy atom. The minimum absolute atomic E-state index is 0.0764. The van der Waals surface area contributed by atoms with E-state index >= 15 is 0 Å². The minimum Gasteiger partial charge on any atom is -0.325 e. The zero-order valence-corrected chi connectivity index (χ0v) is 26.5. The van der Waals surface area contributed by atoms with Crippen LogP contribution in [0, 0.1) is 5.92 Å². The molecule has 2 N–H and O–H groups in total. The van der Waals surface area contributed by atoms with E-state index in [1.54, 1.807) is 109 Å². The second kappa shape index (κ2) is 14.8. The van der Waals surface area contributed by atoms with Crippen molar-refractivity contribution in [3.63, 3.8) is 0 Å². The van der Waals surface area contributed by atoms with Gasteiger partial charge in [-0.25, -0.2) is 4.79 Å². The Morgan fingerprint density at radius 2 is 0.860 bits per heavy atom. The predicted molar refractivity (Wildman–Crippen MR) is 190 cm³/mol. The monoisotopic (exact) mass is 656 g/mol. The number of nitrogens with one attached hydrogen (secondary N) is 2. The summed E-state index contributed by atoms with van der Waals surface area (Å²) in [6, 6.07) is 38.1. The Hall–Kier alpha value is -7.02. The third-order valence-corrected chi connectivity index (χ3v) is 8.12. The van der Waals surface area contributed by atoms with Crippen molar-refractivity contribution in [3.05, 3.63) is 196 Å². The molecule has 0 saturated carbocycles. The molecule has 5 aromatic rings. The highest BCUT2D eigenvalue weighted by atomic mass is 16.2. The predicted octanol–water partition coefficient (Wildman–Crippen LogP) is 6.85. The zero-order chi connectivity index (χ0) is 35.0. The summed E-state index contributed by atoms with van der Waals surface area (Å²) < 4.78 is 0. The lowest BCUT2D eigenvalue weighted by atomic mass is 9.80. The molecule has 0 spiro atoms. The number of carbonyl (C=O) groups excluding carboxylic acids is 6. The molecule has 0 heterocycles. The average molecular weight is 657 g/mol. The molecular formula is C42H28N2O6. The van der Waals surface area contributed by atoms with Crippen LogP contribution >= 0.6 is 0 Å². The molecule has 0 radical (unpaired) electrons. The molecule has 50 heavy (non-hydrogen) atoms. The number of benzene rings is 5. The molecule has 0 fully saturated rings. The van der Waals surface area contributed by atoms with Gasteiger partial charge in [0, 0.05) is 50.3 Å². The normalized spacial score (nSPS) is 13.6. The van der Waals surface area contributed by atoms with Crippen LogP contribution in [0.5, 0.6) is 0 Å². The van der Waals surface area contributed by atoms with Gasteiger partial charge in [0.2, 0.25) is 5.91 Å². The van der Waals surface area contributed by atoms with E-state index in [4.69, 9.17) is 0 Å². The lowest BCUT2D eigenvalue weighted by Gasteiger charge is -2.24. The van der Waals surface area contributed by atoms with Gasteiger partial charge in [0.1, 0.15) is 11.9 Å². The van der Waals surface area contributed by atoms with Crippen LogP contribution in [-0.2, 0) is 14.4 Å². The first-order valence-corrected chi connectivity index (χ1v) is 15.6. The molecule has 8 nitrogen and oxygen atoms in total. The highest BCUT2D eigenvalue weighted by Crippen LogP contribution is 2.33. The van der Waals surface area contributed by atoms with Crippen LogP contribution in [0.4, 0.5) is 11.4 Å². The quantitative estimate of drug-likeness (QED) is 0.125. The molecule has 8 heteroatoms. The van der Waals surface area contributed by atoms with Crippen LogP contribution in [0.3, 0.4) is 0 Å². The van der Waals surface area contributed by atoms with Crippen molar-refractivity contribution in [3.8, 4) is 0 Å². The van der Waals surface area contributed by atoms with Gasteiger partial charge in [-0.1, -0.05) is 91.0 Å². The van der Waals surface area contributed by atoms with Crippen molar-refractivity contribution in [2.24, 2.45) is 5.92 Å². The smallest absolute Gasteiger partial charge is 0.253 e. The van der Waals surface area contributed by atoms with E-state index in [-0.39, 0.29) is 33.8 Å². The Balaban J connectivity index is 1.31. The molecule has 1 atom stereocenters.